The molecule has 0 radical (unpaired) electrons. The quantitative estimate of drug-likeness (QED) is 0.676. The van der Waals surface area contributed by atoms with Gasteiger partial charge in [0, 0.05) is 30.3 Å². The number of benzene rings is 1. The van der Waals surface area contributed by atoms with Crippen LogP contribution in [-0.4, -0.2) is 15.8 Å². The Labute approximate surface area is 126 Å². The Bertz CT molecular complexity index is 711. The van der Waals surface area contributed by atoms with Crippen molar-refractivity contribution in [1.29, 1.82) is 0 Å². The molecule has 1 N–H and O–H groups in total. The molecule has 0 atom stereocenters. The van der Waals surface area contributed by atoms with Crippen LogP contribution in [0.1, 0.15) is 12.8 Å². The number of anilines is 1. The standard InChI is InChI=1S/C15H13N3O4/c19-15(10-1-2-10)17-14-9-13(7-8-16-14)22-12-5-3-11(4-6-12)18(20)21/h3-10H,1-2H2,(H,16,17,19). The van der Waals surface area contributed by atoms with Gasteiger partial charge >= 0.3 is 0 Å². The number of rotatable bonds is 5. The van der Waals surface area contributed by atoms with Crippen LogP contribution < -0.4 is 10.1 Å². The predicted octanol–water partition coefficient (Wildman–Crippen LogP) is 3.13. The molecule has 0 aliphatic heterocycles. The molecular weight excluding hydrogens is 286 g/mol. The minimum absolute atomic E-state index is 0.000496. The highest BCUT2D eigenvalue weighted by Gasteiger charge is 2.29. The van der Waals surface area contributed by atoms with Gasteiger partial charge in [0.05, 0.1) is 4.92 Å². The Morgan fingerprint density at radius 1 is 1.23 bits per heavy atom. The average molecular weight is 299 g/mol. The van der Waals surface area contributed by atoms with Crippen LogP contribution in [0.25, 0.3) is 0 Å². The Hall–Kier alpha value is -2.96. The largest absolute Gasteiger partial charge is 0.457 e. The summed E-state index contributed by atoms with van der Waals surface area (Å²) in [7, 11) is 0. The molecule has 3 rings (SSSR count). The second-order valence-corrected chi connectivity index (χ2v) is 4.99. The molecule has 22 heavy (non-hydrogen) atoms. The van der Waals surface area contributed by atoms with E-state index >= 15 is 0 Å². The van der Waals surface area contributed by atoms with Crippen LogP contribution in [-0.2, 0) is 4.79 Å². The van der Waals surface area contributed by atoms with Crippen LogP contribution in [0.4, 0.5) is 11.5 Å². The number of carbonyl (C=O) groups excluding carboxylic acids is 1. The maximum absolute atomic E-state index is 11.7. The zero-order valence-corrected chi connectivity index (χ0v) is 11.6. The zero-order valence-electron chi connectivity index (χ0n) is 11.6. The van der Waals surface area contributed by atoms with Gasteiger partial charge in [0.25, 0.3) is 5.69 Å². The Balaban J connectivity index is 1.69. The first-order chi connectivity index (χ1) is 10.6. The second kappa shape index (κ2) is 5.80. The Kier molecular flexibility index (Phi) is 3.69. The highest BCUT2D eigenvalue weighted by atomic mass is 16.6. The van der Waals surface area contributed by atoms with Crippen LogP contribution in [0.5, 0.6) is 11.5 Å². The fraction of sp³-hybridized carbons (Fsp3) is 0.200. The van der Waals surface area contributed by atoms with Gasteiger partial charge in [-0.3, -0.25) is 14.9 Å². The number of non-ortho nitro benzene ring substituents is 1. The van der Waals surface area contributed by atoms with Gasteiger partial charge in [0.2, 0.25) is 5.91 Å². The van der Waals surface area contributed by atoms with Crippen molar-refractivity contribution in [3.63, 3.8) is 0 Å². The number of hydrogen-bond acceptors (Lipinski definition) is 5. The Morgan fingerprint density at radius 2 is 1.95 bits per heavy atom. The third kappa shape index (κ3) is 3.38. The highest BCUT2D eigenvalue weighted by molar-refractivity contribution is 5.93. The first kappa shape index (κ1) is 14.0. The van der Waals surface area contributed by atoms with Crippen LogP contribution in [0.2, 0.25) is 0 Å². The van der Waals surface area contributed by atoms with Gasteiger partial charge in [-0.25, -0.2) is 4.98 Å². The van der Waals surface area contributed by atoms with Gasteiger partial charge in [0.15, 0.2) is 0 Å². The lowest BCUT2D eigenvalue weighted by atomic mass is 10.3. The van der Waals surface area contributed by atoms with Gasteiger partial charge in [-0.15, -0.1) is 0 Å². The minimum atomic E-state index is -0.471. The zero-order chi connectivity index (χ0) is 15.5. The van der Waals surface area contributed by atoms with Gasteiger partial charge in [-0.1, -0.05) is 0 Å². The molecule has 1 heterocycles. The molecule has 1 aromatic heterocycles. The molecule has 0 bridgehead atoms. The van der Waals surface area contributed by atoms with Crippen molar-refractivity contribution in [3.05, 3.63) is 52.7 Å². The van der Waals surface area contributed by atoms with E-state index < -0.39 is 4.92 Å². The van der Waals surface area contributed by atoms with E-state index in [0.717, 1.165) is 12.8 Å². The number of amides is 1. The van der Waals surface area contributed by atoms with Gasteiger partial charge in [0.1, 0.15) is 17.3 Å². The highest BCUT2D eigenvalue weighted by Crippen LogP contribution is 2.30. The number of nitro groups is 1. The van der Waals surface area contributed by atoms with E-state index in [1.165, 1.54) is 30.5 Å². The SMILES string of the molecule is O=C(Nc1cc(Oc2ccc([N+](=O)[O-])cc2)ccn1)C1CC1. The summed E-state index contributed by atoms with van der Waals surface area (Å²) >= 11 is 0. The van der Waals surface area contributed by atoms with E-state index in [2.05, 4.69) is 10.3 Å². The number of aromatic nitrogens is 1. The molecule has 1 saturated carbocycles. The number of ether oxygens (including phenoxy) is 1. The number of pyridine rings is 1. The summed E-state index contributed by atoms with van der Waals surface area (Å²) in [5, 5.41) is 13.3. The summed E-state index contributed by atoms with van der Waals surface area (Å²) in [4.78, 5) is 25.9. The third-order valence-electron chi connectivity index (χ3n) is 3.21. The van der Waals surface area contributed by atoms with Crippen molar-refractivity contribution >= 4 is 17.4 Å². The molecule has 7 heteroatoms. The van der Waals surface area contributed by atoms with E-state index in [1.807, 2.05) is 0 Å². The number of hydrogen-bond donors (Lipinski definition) is 1. The number of nitrogens with zero attached hydrogens (tertiary/aromatic N) is 2. The molecule has 1 aliphatic rings. The van der Waals surface area contributed by atoms with E-state index in [9.17, 15) is 14.9 Å². The van der Waals surface area contributed by atoms with Crippen LogP contribution in [0.15, 0.2) is 42.6 Å². The molecule has 1 fully saturated rings. The van der Waals surface area contributed by atoms with Crippen LogP contribution in [0, 0.1) is 16.0 Å². The van der Waals surface area contributed by atoms with Crippen LogP contribution >= 0.6 is 0 Å². The van der Waals surface area contributed by atoms with E-state index in [0.29, 0.717) is 17.3 Å². The molecule has 1 aliphatic carbocycles. The summed E-state index contributed by atoms with van der Waals surface area (Å²) < 4.78 is 5.60. The molecule has 0 spiro atoms. The van der Waals surface area contributed by atoms with Crippen LogP contribution in [0.3, 0.4) is 0 Å². The fourth-order valence-corrected chi connectivity index (χ4v) is 1.89. The molecular formula is C15H13N3O4. The lowest BCUT2D eigenvalue weighted by molar-refractivity contribution is -0.384. The van der Waals surface area contributed by atoms with Gasteiger partial charge < -0.3 is 10.1 Å². The molecule has 1 amide bonds. The molecule has 1 aromatic carbocycles. The molecule has 7 nitrogen and oxygen atoms in total. The van der Waals surface area contributed by atoms with Gasteiger partial charge in [-0.05, 0) is 31.0 Å². The van der Waals surface area contributed by atoms with Crippen molar-refractivity contribution in [2.75, 3.05) is 5.32 Å². The van der Waals surface area contributed by atoms with Crippen molar-refractivity contribution in [2.24, 2.45) is 5.92 Å². The third-order valence-corrected chi connectivity index (χ3v) is 3.21. The Morgan fingerprint density at radius 3 is 2.59 bits per heavy atom. The van der Waals surface area contributed by atoms with Crippen molar-refractivity contribution in [3.8, 4) is 11.5 Å². The average Bonchev–Trinajstić information content (AvgIpc) is 3.33. The van der Waals surface area contributed by atoms with Gasteiger partial charge in [-0.2, -0.15) is 0 Å². The topological polar surface area (TPSA) is 94.4 Å². The number of nitrogens with one attached hydrogen (secondary N) is 1. The summed E-state index contributed by atoms with van der Waals surface area (Å²) in [6.07, 6.45) is 3.37. The monoisotopic (exact) mass is 299 g/mol. The van der Waals surface area contributed by atoms with Crippen molar-refractivity contribution < 1.29 is 14.5 Å². The second-order valence-electron chi connectivity index (χ2n) is 4.99. The predicted molar refractivity (Wildman–Crippen MR) is 78.8 cm³/mol. The first-order valence-electron chi connectivity index (χ1n) is 6.81. The molecule has 2 aromatic rings. The maximum Gasteiger partial charge on any atom is 0.269 e. The maximum atomic E-state index is 11.7. The molecule has 0 saturated heterocycles. The van der Waals surface area contributed by atoms with Crippen molar-refractivity contribution in [1.82, 2.24) is 4.98 Å². The smallest absolute Gasteiger partial charge is 0.269 e. The summed E-state index contributed by atoms with van der Waals surface area (Å²) in [6, 6.07) is 9.02. The van der Waals surface area contributed by atoms with E-state index in [-0.39, 0.29) is 17.5 Å². The molecule has 0 unspecified atom stereocenters. The lowest BCUT2D eigenvalue weighted by Crippen LogP contribution is -2.14. The number of carbonyl (C=O) groups is 1. The summed E-state index contributed by atoms with van der Waals surface area (Å²) in [6.45, 7) is 0. The normalized spacial score (nSPS) is 13.5. The number of nitro benzene ring substituents is 1. The summed E-state index contributed by atoms with van der Waals surface area (Å²) in [5.74, 6) is 1.46. The lowest BCUT2D eigenvalue weighted by Gasteiger charge is -2.07. The molecule has 112 valence electrons. The minimum Gasteiger partial charge on any atom is -0.457 e. The summed E-state index contributed by atoms with van der Waals surface area (Å²) in [5.41, 5.74) is -0.000496. The van der Waals surface area contributed by atoms with E-state index in [1.54, 1.807) is 12.1 Å². The first-order valence-corrected chi connectivity index (χ1v) is 6.81. The fourth-order valence-electron chi connectivity index (χ4n) is 1.89. The van der Waals surface area contributed by atoms with E-state index in [4.69, 9.17) is 4.74 Å². The van der Waals surface area contributed by atoms with Crippen molar-refractivity contribution in [2.45, 2.75) is 12.8 Å².